The molecule has 0 fully saturated rings. The Morgan fingerprint density at radius 2 is 0.807 bits per heavy atom. The minimum absolute atomic E-state index is 0.594. The second kappa shape index (κ2) is 12.3. The van der Waals surface area contributed by atoms with Gasteiger partial charge in [-0.3, -0.25) is 4.57 Å². The minimum Gasteiger partial charge on any atom is -0.309 e. The molecule has 11 aromatic rings. The average molecular weight is 744 g/mol. The number of para-hydroxylation sites is 5. The number of aromatic nitrogens is 5. The zero-order valence-corrected chi connectivity index (χ0v) is 31.8. The van der Waals surface area contributed by atoms with Crippen molar-refractivity contribution >= 4 is 72.4 Å². The van der Waals surface area contributed by atoms with Crippen LogP contribution in [0.2, 0.25) is 0 Å². The molecule has 0 N–H and O–H groups in total. The highest BCUT2D eigenvalue weighted by Crippen LogP contribution is 2.36. The first-order valence-electron chi connectivity index (χ1n) is 19.4. The summed E-state index contributed by atoms with van der Waals surface area (Å²) in [6, 6.07) is 72.3. The summed E-state index contributed by atoms with van der Waals surface area (Å²) < 4.78 is 4.68. The standard InChI is InChI=1S/C51H33N5Si/c1-3-16-34(17-4-1)49-52-50(54-51(53-49)56-43-25-11-7-20-38(43)39-21-8-12-26-44(39)56)35-30-32-37(33-31-35)57(36-18-5-2-6-19-36)46-28-14-13-27-45(46)55-42-24-10-9-22-40(42)41-23-15-29-47(57)48(41)55/h1-33H. The highest BCUT2D eigenvalue weighted by Gasteiger charge is 2.47. The lowest BCUT2D eigenvalue weighted by molar-refractivity contribution is 0.953. The van der Waals surface area contributed by atoms with Gasteiger partial charge in [-0.15, -0.1) is 0 Å². The first kappa shape index (κ1) is 31.9. The van der Waals surface area contributed by atoms with Crippen molar-refractivity contribution in [1.29, 1.82) is 0 Å². The Bertz CT molecular complexity index is 3300. The molecule has 0 aliphatic carbocycles. The van der Waals surface area contributed by atoms with Crippen molar-refractivity contribution in [2.75, 3.05) is 0 Å². The Balaban J connectivity index is 1.10. The van der Waals surface area contributed by atoms with Crippen LogP contribution in [0.3, 0.4) is 0 Å². The third kappa shape index (κ3) is 4.53. The fourth-order valence-electron chi connectivity index (χ4n) is 9.50. The number of hydrogen-bond acceptors (Lipinski definition) is 3. The van der Waals surface area contributed by atoms with Gasteiger partial charge in [0.2, 0.25) is 5.95 Å². The summed E-state index contributed by atoms with van der Waals surface area (Å²) >= 11 is 0. The van der Waals surface area contributed by atoms with E-state index in [0.29, 0.717) is 17.6 Å². The molecule has 0 spiro atoms. The largest absolute Gasteiger partial charge is 0.309 e. The van der Waals surface area contributed by atoms with E-state index in [2.05, 4.69) is 191 Å². The molecule has 0 amide bonds. The molecule has 57 heavy (non-hydrogen) atoms. The predicted octanol–water partition coefficient (Wildman–Crippen LogP) is 9.09. The predicted molar refractivity (Wildman–Crippen MR) is 237 cm³/mol. The molecule has 1 aliphatic heterocycles. The van der Waals surface area contributed by atoms with Crippen LogP contribution in [0, 0.1) is 0 Å². The molecule has 3 aromatic heterocycles. The van der Waals surface area contributed by atoms with Crippen LogP contribution in [-0.2, 0) is 0 Å². The Hall–Kier alpha value is -7.41. The highest BCUT2D eigenvalue weighted by atomic mass is 28.3. The molecule has 0 saturated heterocycles. The summed E-state index contributed by atoms with van der Waals surface area (Å²) in [5.41, 5.74) is 7.79. The number of fused-ring (bicyclic) bond motifs is 8. The molecular weight excluding hydrogens is 711 g/mol. The van der Waals surface area contributed by atoms with Crippen LogP contribution in [-0.4, -0.2) is 32.2 Å². The van der Waals surface area contributed by atoms with Crippen molar-refractivity contribution in [3.05, 3.63) is 200 Å². The van der Waals surface area contributed by atoms with E-state index in [1.807, 2.05) is 18.2 Å². The number of rotatable bonds is 5. The lowest BCUT2D eigenvalue weighted by atomic mass is 10.1. The van der Waals surface area contributed by atoms with Gasteiger partial charge in [-0.1, -0.05) is 176 Å². The van der Waals surface area contributed by atoms with Crippen LogP contribution in [0.4, 0.5) is 0 Å². The molecule has 12 rings (SSSR count). The quantitative estimate of drug-likeness (QED) is 0.165. The number of benzene rings is 8. The SMILES string of the molecule is c1ccc(-c2nc(-c3ccc([Si]4(c5ccccc5)c5ccccc5-n5c6ccccc6c6cccc4c65)cc3)nc(-n3c4ccccc4c4ccccc43)n2)cc1. The van der Waals surface area contributed by atoms with Crippen molar-refractivity contribution in [3.8, 4) is 34.4 Å². The van der Waals surface area contributed by atoms with Crippen molar-refractivity contribution in [3.63, 3.8) is 0 Å². The molecule has 0 bridgehead atoms. The Morgan fingerprint density at radius 1 is 0.333 bits per heavy atom. The summed E-state index contributed by atoms with van der Waals surface area (Å²) in [7, 11) is -2.85. The maximum atomic E-state index is 5.26. The maximum Gasteiger partial charge on any atom is 0.238 e. The fourth-order valence-corrected chi connectivity index (χ4v) is 14.6. The zero-order valence-electron chi connectivity index (χ0n) is 30.8. The van der Waals surface area contributed by atoms with Gasteiger partial charge in [0.15, 0.2) is 19.7 Å². The van der Waals surface area contributed by atoms with Crippen molar-refractivity contribution in [1.82, 2.24) is 24.1 Å². The molecule has 1 unspecified atom stereocenters. The van der Waals surface area contributed by atoms with Crippen LogP contribution in [0.25, 0.3) is 78.0 Å². The molecule has 1 atom stereocenters. The van der Waals surface area contributed by atoms with Crippen molar-refractivity contribution < 1.29 is 0 Å². The Labute approximate surface area is 329 Å². The minimum atomic E-state index is -2.85. The van der Waals surface area contributed by atoms with E-state index >= 15 is 0 Å². The van der Waals surface area contributed by atoms with Gasteiger partial charge in [-0.05, 0) is 45.0 Å². The molecule has 0 radical (unpaired) electrons. The molecule has 1 aliphatic rings. The summed E-state index contributed by atoms with van der Waals surface area (Å²) in [5, 5.41) is 10.3. The van der Waals surface area contributed by atoms with E-state index in [0.717, 1.165) is 22.2 Å². The molecule has 6 heteroatoms. The zero-order chi connectivity index (χ0) is 37.5. The topological polar surface area (TPSA) is 48.5 Å². The molecule has 8 aromatic carbocycles. The molecule has 4 heterocycles. The molecule has 0 saturated carbocycles. The van der Waals surface area contributed by atoms with E-state index in [1.165, 1.54) is 59.0 Å². The van der Waals surface area contributed by atoms with E-state index in [-0.39, 0.29) is 0 Å². The normalized spacial score (nSPS) is 14.7. The second-order valence-electron chi connectivity index (χ2n) is 14.8. The lowest BCUT2D eigenvalue weighted by Crippen LogP contribution is -2.76. The van der Waals surface area contributed by atoms with Crippen LogP contribution < -0.4 is 20.7 Å². The fraction of sp³-hybridized carbons (Fsp3) is 0. The second-order valence-corrected chi connectivity index (χ2v) is 18.5. The van der Waals surface area contributed by atoms with Gasteiger partial charge >= 0.3 is 0 Å². The summed E-state index contributed by atoms with van der Waals surface area (Å²) in [4.78, 5) is 15.6. The van der Waals surface area contributed by atoms with E-state index in [9.17, 15) is 0 Å². The maximum absolute atomic E-state index is 5.26. The molecular formula is C51H33N5Si. The van der Waals surface area contributed by atoms with Gasteiger partial charge in [0.25, 0.3) is 0 Å². The smallest absolute Gasteiger partial charge is 0.238 e. The summed E-state index contributed by atoms with van der Waals surface area (Å²) in [5.74, 6) is 1.86. The molecule has 5 nitrogen and oxygen atoms in total. The van der Waals surface area contributed by atoms with Gasteiger partial charge in [0, 0.05) is 38.4 Å². The number of hydrogen-bond donors (Lipinski definition) is 0. The lowest BCUT2D eigenvalue weighted by Gasteiger charge is -2.39. The monoisotopic (exact) mass is 743 g/mol. The third-order valence-electron chi connectivity index (χ3n) is 11.9. The van der Waals surface area contributed by atoms with Gasteiger partial charge in [0.1, 0.15) is 0 Å². The van der Waals surface area contributed by atoms with E-state index < -0.39 is 8.07 Å². The summed E-state index contributed by atoms with van der Waals surface area (Å²) in [6.45, 7) is 0. The van der Waals surface area contributed by atoms with Crippen LogP contribution in [0.5, 0.6) is 0 Å². The van der Waals surface area contributed by atoms with Crippen molar-refractivity contribution in [2.24, 2.45) is 0 Å². The van der Waals surface area contributed by atoms with E-state index in [4.69, 9.17) is 15.0 Å². The van der Waals surface area contributed by atoms with Crippen LogP contribution in [0.1, 0.15) is 0 Å². The average Bonchev–Trinajstić information content (AvgIpc) is 3.81. The van der Waals surface area contributed by atoms with E-state index in [1.54, 1.807) is 0 Å². The first-order chi connectivity index (χ1) is 28.3. The third-order valence-corrected chi connectivity index (χ3v) is 16.7. The van der Waals surface area contributed by atoms with Crippen molar-refractivity contribution in [2.45, 2.75) is 0 Å². The van der Waals surface area contributed by atoms with Crippen LogP contribution in [0.15, 0.2) is 200 Å². The van der Waals surface area contributed by atoms with Gasteiger partial charge in [-0.2, -0.15) is 9.97 Å². The number of nitrogens with zero attached hydrogens (tertiary/aromatic N) is 5. The van der Waals surface area contributed by atoms with Crippen LogP contribution >= 0.6 is 0 Å². The summed E-state index contributed by atoms with van der Waals surface area (Å²) in [6.07, 6.45) is 0. The Morgan fingerprint density at radius 3 is 1.47 bits per heavy atom. The van der Waals surface area contributed by atoms with Gasteiger partial charge in [-0.25, -0.2) is 4.98 Å². The first-order valence-corrected chi connectivity index (χ1v) is 21.4. The van der Waals surface area contributed by atoms with Gasteiger partial charge in [0.05, 0.1) is 22.1 Å². The molecule has 266 valence electrons. The van der Waals surface area contributed by atoms with Gasteiger partial charge < -0.3 is 4.57 Å². The Kier molecular flexibility index (Phi) is 6.88. The highest BCUT2D eigenvalue weighted by molar-refractivity contribution is 7.21.